The topological polar surface area (TPSA) is 66.4 Å². The molecule has 1 aliphatic rings. The van der Waals surface area contributed by atoms with Gasteiger partial charge >= 0.3 is 5.97 Å². The van der Waals surface area contributed by atoms with E-state index in [1.807, 2.05) is 0 Å². The molecular formula is C13H23NO3. The fraction of sp³-hybridized carbons (Fsp3) is 0.846. The van der Waals surface area contributed by atoms with E-state index >= 15 is 0 Å². The van der Waals surface area contributed by atoms with E-state index in [0.29, 0.717) is 12.3 Å². The summed E-state index contributed by atoms with van der Waals surface area (Å²) in [7, 11) is 0. The van der Waals surface area contributed by atoms with Crippen LogP contribution in [0.1, 0.15) is 58.3 Å². The number of carbonyl (C=O) groups excluding carboxylic acids is 1. The van der Waals surface area contributed by atoms with Gasteiger partial charge in [0.2, 0.25) is 5.91 Å². The Kier molecular flexibility index (Phi) is 6.01. The molecule has 4 nitrogen and oxygen atoms in total. The molecule has 1 aliphatic carbocycles. The van der Waals surface area contributed by atoms with Gasteiger partial charge in [-0.05, 0) is 18.8 Å². The molecule has 1 fully saturated rings. The highest BCUT2D eigenvalue weighted by atomic mass is 16.4. The van der Waals surface area contributed by atoms with E-state index in [-0.39, 0.29) is 18.4 Å². The van der Waals surface area contributed by atoms with Crippen LogP contribution in [-0.2, 0) is 9.59 Å². The van der Waals surface area contributed by atoms with Crippen LogP contribution in [0.4, 0.5) is 0 Å². The Morgan fingerprint density at radius 1 is 1.29 bits per heavy atom. The number of rotatable bonds is 6. The lowest BCUT2D eigenvalue weighted by atomic mass is 9.84. The molecule has 1 atom stereocenters. The van der Waals surface area contributed by atoms with Gasteiger partial charge in [0.05, 0.1) is 0 Å². The Morgan fingerprint density at radius 2 is 1.94 bits per heavy atom. The Hall–Kier alpha value is -1.06. The summed E-state index contributed by atoms with van der Waals surface area (Å²) in [6, 6.07) is 0.0340. The standard InChI is InChI=1S/C13H23NO3/c1-10(15)14-12(7-8-13(16)17)9-11-5-3-2-4-6-11/h11-12H,2-9H2,1H3,(H,14,15)(H,16,17). The lowest BCUT2D eigenvalue weighted by molar-refractivity contribution is -0.137. The van der Waals surface area contributed by atoms with Gasteiger partial charge in [-0.15, -0.1) is 0 Å². The molecule has 0 aromatic rings. The number of nitrogens with one attached hydrogen (secondary N) is 1. The van der Waals surface area contributed by atoms with Crippen molar-refractivity contribution in [3.8, 4) is 0 Å². The fourth-order valence-corrected chi connectivity index (χ4v) is 2.66. The molecule has 0 saturated heterocycles. The Bertz CT molecular complexity index is 259. The minimum absolute atomic E-state index is 0.0340. The molecule has 0 radical (unpaired) electrons. The number of aliphatic carboxylic acids is 1. The molecule has 0 heterocycles. The van der Waals surface area contributed by atoms with Gasteiger partial charge in [-0.2, -0.15) is 0 Å². The zero-order valence-corrected chi connectivity index (χ0v) is 10.6. The normalized spacial score (nSPS) is 18.6. The zero-order valence-electron chi connectivity index (χ0n) is 10.6. The third-order valence-electron chi connectivity index (χ3n) is 3.46. The van der Waals surface area contributed by atoms with E-state index in [1.165, 1.54) is 39.0 Å². The predicted molar refractivity (Wildman–Crippen MR) is 65.7 cm³/mol. The third-order valence-corrected chi connectivity index (χ3v) is 3.46. The van der Waals surface area contributed by atoms with E-state index in [4.69, 9.17) is 5.11 Å². The highest BCUT2D eigenvalue weighted by Gasteiger charge is 2.20. The van der Waals surface area contributed by atoms with Crippen molar-refractivity contribution in [1.29, 1.82) is 0 Å². The number of amides is 1. The Labute approximate surface area is 103 Å². The third kappa shape index (κ3) is 6.29. The van der Waals surface area contributed by atoms with Crippen LogP contribution in [0.3, 0.4) is 0 Å². The summed E-state index contributed by atoms with van der Waals surface area (Å²) in [5.41, 5.74) is 0. The first-order chi connectivity index (χ1) is 8.08. The predicted octanol–water partition coefficient (Wildman–Crippen LogP) is 2.33. The molecule has 2 N–H and O–H groups in total. The second kappa shape index (κ2) is 7.30. The highest BCUT2D eigenvalue weighted by Crippen LogP contribution is 2.28. The largest absolute Gasteiger partial charge is 0.481 e. The summed E-state index contributed by atoms with van der Waals surface area (Å²) in [6.45, 7) is 1.49. The molecule has 0 bridgehead atoms. The van der Waals surface area contributed by atoms with E-state index in [9.17, 15) is 9.59 Å². The summed E-state index contributed by atoms with van der Waals surface area (Å²) in [5, 5.41) is 11.6. The molecular weight excluding hydrogens is 218 g/mol. The van der Waals surface area contributed by atoms with Crippen molar-refractivity contribution < 1.29 is 14.7 Å². The number of carboxylic acid groups (broad SMARTS) is 1. The Morgan fingerprint density at radius 3 is 2.47 bits per heavy atom. The maximum absolute atomic E-state index is 11.1. The van der Waals surface area contributed by atoms with Crippen LogP contribution < -0.4 is 5.32 Å². The molecule has 0 aromatic carbocycles. The van der Waals surface area contributed by atoms with E-state index in [1.54, 1.807) is 0 Å². The van der Waals surface area contributed by atoms with Gasteiger partial charge in [-0.1, -0.05) is 32.1 Å². The van der Waals surface area contributed by atoms with Gasteiger partial charge in [-0.25, -0.2) is 0 Å². The molecule has 98 valence electrons. The number of carboxylic acids is 1. The lowest BCUT2D eigenvalue weighted by Crippen LogP contribution is -2.35. The van der Waals surface area contributed by atoms with Gasteiger partial charge < -0.3 is 10.4 Å². The molecule has 1 saturated carbocycles. The van der Waals surface area contributed by atoms with Gasteiger partial charge in [0.15, 0.2) is 0 Å². The van der Waals surface area contributed by atoms with Crippen LogP contribution in [0.15, 0.2) is 0 Å². The molecule has 1 amide bonds. The monoisotopic (exact) mass is 241 g/mol. The van der Waals surface area contributed by atoms with Crippen LogP contribution >= 0.6 is 0 Å². The number of hydrogen-bond donors (Lipinski definition) is 2. The molecule has 0 aromatic heterocycles. The van der Waals surface area contributed by atoms with E-state index in [0.717, 1.165) is 6.42 Å². The summed E-state index contributed by atoms with van der Waals surface area (Å²) in [4.78, 5) is 21.7. The highest BCUT2D eigenvalue weighted by molar-refractivity contribution is 5.73. The van der Waals surface area contributed by atoms with Crippen molar-refractivity contribution in [2.45, 2.75) is 64.3 Å². The summed E-state index contributed by atoms with van der Waals surface area (Å²) in [5.74, 6) is -0.186. The number of hydrogen-bond acceptors (Lipinski definition) is 2. The minimum atomic E-state index is -0.788. The van der Waals surface area contributed by atoms with E-state index < -0.39 is 5.97 Å². The Balaban J connectivity index is 2.37. The van der Waals surface area contributed by atoms with Crippen molar-refractivity contribution in [3.05, 3.63) is 0 Å². The van der Waals surface area contributed by atoms with Crippen molar-refractivity contribution in [3.63, 3.8) is 0 Å². The van der Waals surface area contributed by atoms with Gasteiger partial charge in [-0.3, -0.25) is 9.59 Å². The minimum Gasteiger partial charge on any atom is -0.481 e. The van der Waals surface area contributed by atoms with Crippen molar-refractivity contribution in [2.75, 3.05) is 0 Å². The summed E-state index contributed by atoms with van der Waals surface area (Å²) < 4.78 is 0. The first-order valence-electron chi connectivity index (χ1n) is 6.57. The maximum Gasteiger partial charge on any atom is 0.303 e. The van der Waals surface area contributed by atoms with Crippen molar-refractivity contribution in [1.82, 2.24) is 5.32 Å². The maximum atomic E-state index is 11.1. The molecule has 0 aliphatic heterocycles. The quantitative estimate of drug-likeness (QED) is 0.750. The molecule has 1 unspecified atom stereocenters. The first kappa shape index (κ1) is 14.0. The molecule has 0 spiro atoms. The van der Waals surface area contributed by atoms with Crippen LogP contribution in [0.2, 0.25) is 0 Å². The molecule has 17 heavy (non-hydrogen) atoms. The van der Waals surface area contributed by atoms with Crippen LogP contribution in [0, 0.1) is 5.92 Å². The smallest absolute Gasteiger partial charge is 0.303 e. The van der Waals surface area contributed by atoms with E-state index in [2.05, 4.69) is 5.32 Å². The summed E-state index contributed by atoms with van der Waals surface area (Å²) >= 11 is 0. The van der Waals surface area contributed by atoms with Gasteiger partial charge in [0.1, 0.15) is 0 Å². The average Bonchev–Trinajstić information content (AvgIpc) is 2.26. The number of carbonyl (C=O) groups is 2. The van der Waals surface area contributed by atoms with Crippen LogP contribution in [0.25, 0.3) is 0 Å². The second-order valence-corrected chi connectivity index (χ2v) is 5.07. The lowest BCUT2D eigenvalue weighted by Gasteiger charge is -2.26. The van der Waals surface area contributed by atoms with Gasteiger partial charge in [0, 0.05) is 19.4 Å². The zero-order chi connectivity index (χ0) is 12.7. The van der Waals surface area contributed by atoms with Crippen LogP contribution in [0.5, 0.6) is 0 Å². The SMILES string of the molecule is CC(=O)NC(CCC(=O)O)CC1CCCCC1. The molecule has 4 heteroatoms. The van der Waals surface area contributed by atoms with Crippen molar-refractivity contribution >= 4 is 11.9 Å². The van der Waals surface area contributed by atoms with Crippen LogP contribution in [-0.4, -0.2) is 23.0 Å². The molecule has 1 rings (SSSR count). The van der Waals surface area contributed by atoms with Gasteiger partial charge in [0.25, 0.3) is 0 Å². The van der Waals surface area contributed by atoms with Crippen molar-refractivity contribution in [2.24, 2.45) is 5.92 Å². The first-order valence-corrected chi connectivity index (χ1v) is 6.57. The average molecular weight is 241 g/mol. The second-order valence-electron chi connectivity index (χ2n) is 5.07. The fourth-order valence-electron chi connectivity index (χ4n) is 2.66. The summed E-state index contributed by atoms with van der Waals surface area (Å²) in [6.07, 6.45) is 7.94.